The number of hydrogen-bond donors (Lipinski definition) is 2. The van der Waals surface area contributed by atoms with Crippen molar-refractivity contribution in [2.24, 2.45) is 4.99 Å². The predicted molar refractivity (Wildman–Crippen MR) is 116 cm³/mol. The standard InChI is InChI=1S/C23H22N4O4/c1-30-20-10-16-18(24-12-15-6-4-8-27(15)23(16)29)11-21(20)31-13-25-22(28)19-9-14-5-2-3-7-17(14)26-19/h2-3,5,7,9-12,15,26H,4,6,8,13H2,1H3,(H,25,28)/t15-/m0/s1. The molecule has 8 nitrogen and oxygen atoms in total. The van der Waals surface area contributed by atoms with E-state index in [1.54, 1.807) is 18.2 Å². The molecule has 3 aromatic rings. The highest BCUT2D eigenvalue weighted by Crippen LogP contribution is 2.37. The summed E-state index contributed by atoms with van der Waals surface area (Å²) in [6.45, 7) is 0.672. The van der Waals surface area contributed by atoms with Crippen LogP contribution in [0.25, 0.3) is 10.9 Å². The largest absolute Gasteiger partial charge is 0.493 e. The lowest BCUT2D eigenvalue weighted by Gasteiger charge is -2.20. The van der Waals surface area contributed by atoms with Crippen LogP contribution < -0.4 is 14.8 Å². The third-order valence-corrected chi connectivity index (χ3v) is 5.69. The zero-order valence-corrected chi connectivity index (χ0v) is 17.1. The minimum atomic E-state index is -0.279. The Bertz CT molecular complexity index is 1170. The van der Waals surface area contributed by atoms with Crippen molar-refractivity contribution in [1.82, 2.24) is 15.2 Å². The first-order valence-corrected chi connectivity index (χ1v) is 10.2. The topological polar surface area (TPSA) is 96.0 Å². The van der Waals surface area contributed by atoms with Gasteiger partial charge in [-0.05, 0) is 31.0 Å². The molecule has 0 saturated carbocycles. The second-order valence-corrected chi connectivity index (χ2v) is 7.57. The van der Waals surface area contributed by atoms with Gasteiger partial charge in [0.15, 0.2) is 18.2 Å². The van der Waals surface area contributed by atoms with Gasteiger partial charge < -0.3 is 24.7 Å². The molecule has 2 amide bonds. The Hall–Kier alpha value is -3.81. The molecule has 31 heavy (non-hydrogen) atoms. The Kier molecular flexibility index (Phi) is 4.82. The number of ether oxygens (including phenoxy) is 2. The number of amides is 2. The van der Waals surface area contributed by atoms with E-state index in [4.69, 9.17) is 9.47 Å². The lowest BCUT2D eigenvalue weighted by Crippen LogP contribution is -2.35. The fourth-order valence-electron chi connectivity index (χ4n) is 4.09. The first kappa shape index (κ1) is 19.2. The number of carbonyl (C=O) groups excluding carboxylic acids is 2. The summed E-state index contributed by atoms with van der Waals surface area (Å²) in [4.78, 5) is 34.8. The molecule has 0 radical (unpaired) electrons. The van der Waals surface area contributed by atoms with E-state index in [1.165, 1.54) is 7.11 Å². The van der Waals surface area contributed by atoms with Crippen molar-refractivity contribution in [2.75, 3.05) is 20.4 Å². The fourth-order valence-corrected chi connectivity index (χ4v) is 4.09. The first-order valence-electron chi connectivity index (χ1n) is 10.2. The minimum Gasteiger partial charge on any atom is -0.493 e. The van der Waals surface area contributed by atoms with E-state index >= 15 is 0 Å². The molecular formula is C23H22N4O4. The van der Waals surface area contributed by atoms with Crippen molar-refractivity contribution in [1.29, 1.82) is 0 Å². The summed E-state index contributed by atoms with van der Waals surface area (Å²) in [6, 6.07) is 12.8. The lowest BCUT2D eigenvalue weighted by atomic mass is 10.1. The Labute approximate surface area is 178 Å². The Balaban J connectivity index is 1.32. The van der Waals surface area contributed by atoms with Gasteiger partial charge in [-0.3, -0.25) is 14.6 Å². The van der Waals surface area contributed by atoms with E-state index in [0.29, 0.717) is 28.4 Å². The van der Waals surface area contributed by atoms with Gasteiger partial charge in [0, 0.05) is 29.7 Å². The van der Waals surface area contributed by atoms with Crippen molar-refractivity contribution in [3.05, 3.63) is 53.7 Å². The molecule has 0 spiro atoms. The third-order valence-electron chi connectivity index (χ3n) is 5.69. The van der Waals surface area contributed by atoms with Crippen LogP contribution in [0.2, 0.25) is 0 Å². The van der Waals surface area contributed by atoms with Gasteiger partial charge in [-0.15, -0.1) is 0 Å². The van der Waals surface area contributed by atoms with Crippen molar-refractivity contribution in [3.63, 3.8) is 0 Å². The summed E-state index contributed by atoms with van der Waals surface area (Å²) in [6.07, 6.45) is 3.72. The highest BCUT2D eigenvalue weighted by molar-refractivity contribution is 6.03. The van der Waals surface area contributed by atoms with Gasteiger partial charge in [-0.1, -0.05) is 18.2 Å². The van der Waals surface area contributed by atoms with E-state index in [2.05, 4.69) is 15.3 Å². The van der Waals surface area contributed by atoms with Crippen LogP contribution in [0.4, 0.5) is 5.69 Å². The molecule has 0 unspecified atom stereocenters. The molecular weight excluding hydrogens is 396 g/mol. The number of methoxy groups -OCH3 is 1. The fraction of sp³-hybridized carbons (Fsp3) is 0.261. The van der Waals surface area contributed by atoms with E-state index in [-0.39, 0.29) is 24.6 Å². The molecule has 2 aromatic carbocycles. The van der Waals surface area contributed by atoms with E-state index in [9.17, 15) is 9.59 Å². The molecule has 1 fully saturated rings. The number of rotatable bonds is 5. The maximum absolute atomic E-state index is 12.9. The number of nitrogens with zero attached hydrogens (tertiary/aromatic N) is 2. The number of benzene rings is 2. The van der Waals surface area contributed by atoms with Crippen LogP contribution in [0.3, 0.4) is 0 Å². The van der Waals surface area contributed by atoms with Gasteiger partial charge in [0.25, 0.3) is 11.8 Å². The highest BCUT2D eigenvalue weighted by atomic mass is 16.5. The molecule has 5 rings (SSSR count). The molecule has 1 saturated heterocycles. The second kappa shape index (κ2) is 7.79. The van der Waals surface area contributed by atoms with Crippen molar-refractivity contribution in [2.45, 2.75) is 18.9 Å². The summed E-state index contributed by atoms with van der Waals surface area (Å²) in [5.41, 5.74) is 2.38. The molecule has 2 aliphatic rings. The second-order valence-electron chi connectivity index (χ2n) is 7.57. The monoisotopic (exact) mass is 418 g/mol. The summed E-state index contributed by atoms with van der Waals surface area (Å²) >= 11 is 0. The molecule has 1 atom stereocenters. The third kappa shape index (κ3) is 3.50. The number of aromatic amines is 1. The number of hydrogen-bond acceptors (Lipinski definition) is 5. The summed E-state index contributed by atoms with van der Waals surface area (Å²) < 4.78 is 11.2. The lowest BCUT2D eigenvalue weighted by molar-refractivity contribution is 0.0774. The average Bonchev–Trinajstić information content (AvgIpc) is 3.41. The number of H-pyrrole nitrogens is 1. The quantitative estimate of drug-likeness (QED) is 0.622. The van der Waals surface area contributed by atoms with Crippen LogP contribution in [0.15, 0.2) is 47.5 Å². The predicted octanol–water partition coefficient (Wildman–Crippen LogP) is 3.26. The van der Waals surface area contributed by atoms with Crippen LogP contribution in [0.5, 0.6) is 11.5 Å². The molecule has 1 aromatic heterocycles. The number of fused-ring (bicyclic) bond motifs is 3. The zero-order valence-electron chi connectivity index (χ0n) is 17.1. The normalized spacial score (nSPS) is 17.3. The van der Waals surface area contributed by atoms with Crippen molar-refractivity contribution in [3.8, 4) is 11.5 Å². The maximum atomic E-state index is 12.9. The summed E-state index contributed by atoms with van der Waals surface area (Å²) in [7, 11) is 1.51. The number of nitrogens with one attached hydrogen (secondary N) is 2. The van der Waals surface area contributed by atoms with Crippen molar-refractivity contribution < 1.29 is 19.1 Å². The number of aliphatic imine (C=N–C) groups is 1. The molecule has 2 aliphatic heterocycles. The van der Waals surface area contributed by atoms with Crippen LogP contribution in [-0.4, -0.2) is 54.3 Å². The minimum absolute atomic E-state index is 0.0332. The average molecular weight is 418 g/mol. The maximum Gasteiger partial charge on any atom is 0.270 e. The van der Waals surface area contributed by atoms with Gasteiger partial charge in [0.1, 0.15) is 5.69 Å². The Morgan fingerprint density at radius 1 is 1.26 bits per heavy atom. The van der Waals surface area contributed by atoms with Crippen LogP contribution in [0.1, 0.15) is 33.7 Å². The van der Waals surface area contributed by atoms with Crippen LogP contribution >= 0.6 is 0 Å². The summed E-state index contributed by atoms with van der Waals surface area (Å²) in [5.74, 6) is 0.496. The van der Waals surface area contributed by atoms with Gasteiger partial charge in [0.05, 0.1) is 24.4 Å². The van der Waals surface area contributed by atoms with E-state index < -0.39 is 0 Å². The molecule has 158 valence electrons. The van der Waals surface area contributed by atoms with Crippen LogP contribution in [-0.2, 0) is 0 Å². The number of para-hydroxylation sites is 1. The van der Waals surface area contributed by atoms with Gasteiger partial charge in [0.2, 0.25) is 0 Å². The van der Waals surface area contributed by atoms with Crippen molar-refractivity contribution >= 4 is 34.6 Å². The van der Waals surface area contributed by atoms with Gasteiger partial charge in [-0.25, -0.2) is 0 Å². The number of carbonyl (C=O) groups is 2. The molecule has 8 heteroatoms. The number of aromatic nitrogens is 1. The Morgan fingerprint density at radius 3 is 2.97 bits per heavy atom. The van der Waals surface area contributed by atoms with E-state index in [0.717, 1.165) is 30.3 Å². The molecule has 0 bridgehead atoms. The SMILES string of the molecule is COc1cc2c(cc1OCNC(=O)c1cc3ccccc3[nH]1)N=C[C@@H]1CCCN1C2=O. The molecule has 2 N–H and O–H groups in total. The van der Waals surface area contributed by atoms with Gasteiger partial charge in [-0.2, -0.15) is 0 Å². The molecule has 3 heterocycles. The molecule has 0 aliphatic carbocycles. The van der Waals surface area contributed by atoms with E-state index in [1.807, 2.05) is 35.4 Å². The Morgan fingerprint density at radius 2 is 2.13 bits per heavy atom. The van der Waals surface area contributed by atoms with Crippen LogP contribution in [0, 0.1) is 0 Å². The smallest absolute Gasteiger partial charge is 0.270 e. The van der Waals surface area contributed by atoms with Gasteiger partial charge >= 0.3 is 0 Å². The summed E-state index contributed by atoms with van der Waals surface area (Å²) in [5, 5.41) is 3.69. The zero-order chi connectivity index (χ0) is 21.4. The highest BCUT2D eigenvalue weighted by Gasteiger charge is 2.32. The first-order chi connectivity index (χ1) is 15.1.